The number of rotatable bonds is 6. The lowest BCUT2D eigenvalue weighted by Crippen LogP contribution is -2.02. The number of carbonyl (C=O) groups is 1. The molecule has 0 spiro atoms. The third-order valence-electron chi connectivity index (χ3n) is 1.57. The van der Waals surface area contributed by atoms with Crippen molar-refractivity contribution in [1.82, 2.24) is 0 Å². The first-order valence-corrected chi connectivity index (χ1v) is 5.61. The van der Waals surface area contributed by atoms with Crippen molar-refractivity contribution in [1.29, 1.82) is 0 Å². The number of hydrogen-bond donors (Lipinski definition) is 0. The van der Waals surface area contributed by atoms with Crippen LogP contribution in [0.2, 0.25) is 0 Å². The van der Waals surface area contributed by atoms with Crippen molar-refractivity contribution < 1.29 is 9.53 Å². The van der Waals surface area contributed by atoms with Gasteiger partial charge < -0.3 is 4.74 Å². The van der Waals surface area contributed by atoms with Gasteiger partial charge in [0, 0.05) is 10.9 Å². The molecule has 76 valence electrons. The summed E-state index contributed by atoms with van der Waals surface area (Å²) in [5, 5.41) is 0. The summed E-state index contributed by atoms with van der Waals surface area (Å²) in [6.45, 7) is 4.64. The van der Waals surface area contributed by atoms with Gasteiger partial charge in [-0.05, 0) is 12.8 Å². The number of unbranched alkanes of at least 4 members (excludes halogenated alkanes) is 1. The molecule has 3 heteroatoms. The van der Waals surface area contributed by atoms with Crippen LogP contribution >= 0.6 is 15.9 Å². The van der Waals surface area contributed by atoms with Gasteiger partial charge in [0.15, 0.2) is 0 Å². The van der Waals surface area contributed by atoms with Gasteiger partial charge in [-0.25, -0.2) is 4.79 Å². The number of ether oxygens (including phenoxy) is 1. The molecule has 0 bridgehead atoms. The van der Waals surface area contributed by atoms with E-state index in [4.69, 9.17) is 4.74 Å². The van der Waals surface area contributed by atoms with Crippen molar-refractivity contribution >= 4 is 21.9 Å². The standard InChI is InChI=1S/C10H17BrO2/c1-3-5-8-13-10(12)7-6-9(11)4-2/h6-7,9H,3-5,8H2,1-2H3/b7-6+. The fourth-order valence-corrected chi connectivity index (χ4v) is 0.837. The molecule has 0 amide bonds. The third kappa shape index (κ3) is 8.03. The summed E-state index contributed by atoms with van der Waals surface area (Å²) >= 11 is 3.39. The van der Waals surface area contributed by atoms with Crippen LogP contribution in [0.25, 0.3) is 0 Å². The summed E-state index contributed by atoms with van der Waals surface area (Å²) in [6, 6.07) is 0. The monoisotopic (exact) mass is 248 g/mol. The van der Waals surface area contributed by atoms with Crippen LogP contribution < -0.4 is 0 Å². The second kappa shape index (κ2) is 8.30. The Balaban J connectivity index is 3.55. The highest BCUT2D eigenvalue weighted by molar-refractivity contribution is 9.09. The van der Waals surface area contributed by atoms with Gasteiger partial charge in [-0.1, -0.05) is 42.3 Å². The highest BCUT2D eigenvalue weighted by atomic mass is 79.9. The first kappa shape index (κ1) is 12.7. The lowest BCUT2D eigenvalue weighted by atomic mass is 10.3. The Kier molecular flexibility index (Phi) is 8.10. The maximum Gasteiger partial charge on any atom is 0.330 e. The smallest absolute Gasteiger partial charge is 0.330 e. The van der Waals surface area contributed by atoms with Crippen LogP contribution in [-0.2, 0) is 9.53 Å². The quantitative estimate of drug-likeness (QED) is 0.313. The summed E-state index contributed by atoms with van der Waals surface area (Å²) in [6.07, 6.45) is 6.25. The predicted octanol–water partition coefficient (Wildman–Crippen LogP) is 3.06. The third-order valence-corrected chi connectivity index (χ3v) is 2.53. The molecule has 0 aliphatic heterocycles. The van der Waals surface area contributed by atoms with Gasteiger partial charge in [-0.15, -0.1) is 0 Å². The molecule has 1 atom stereocenters. The maximum absolute atomic E-state index is 11.0. The number of esters is 1. The maximum atomic E-state index is 11.0. The van der Waals surface area contributed by atoms with Crippen LogP contribution in [0.15, 0.2) is 12.2 Å². The summed E-state index contributed by atoms with van der Waals surface area (Å²) in [4.78, 5) is 11.3. The molecule has 0 saturated heterocycles. The Labute approximate surface area is 88.5 Å². The summed E-state index contributed by atoms with van der Waals surface area (Å²) in [5.41, 5.74) is 0. The van der Waals surface area contributed by atoms with Crippen molar-refractivity contribution in [2.45, 2.75) is 37.9 Å². The van der Waals surface area contributed by atoms with Gasteiger partial charge in [0.05, 0.1) is 6.61 Å². The van der Waals surface area contributed by atoms with Crippen LogP contribution in [0.1, 0.15) is 33.1 Å². The van der Waals surface area contributed by atoms with Crippen molar-refractivity contribution in [2.75, 3.05) is 6.61 Å². The highest BCUT2D eigenvalue weighted by Gasteiger charge is 1.98. The van der Waals surface area contributed by atoms with Crippen LogP contribution in [0.5, 0.6) is 0 Å². The number of allylic oxidation sites excluding steroid dienone is 1. The molecule has 13 heavy (non-hydrogen) atoms. The Hall–Kier alpha value is -0.310. The highest BCUT2D eigenvalue weighted by Crippen LogP contribution is 2.05. The molecule has 0 aromatic rings. The minimum absolute atomic E-state index is 0.244. The minimum Gasteiger partial charge on any atom is -0.463 e. The first-order valence-electron chi connectivity index (χ1n) is 4.69. The zero-order valence-corrected chi connectivity index (χ0v) is 9.84. The molecule has 0 fully saturated rings. The van der Waals surface area contributed by atoms with Crippen molar-refractivity contribution in [3.8, 4) is 0 Å². The molecular formula is C10H17BrO2. The Morgan fingerprint density at radius 3 is 2.77 bits per heavy atom. The molecule has 0 aliphatic carbocycles. The summed E-state index contributed by atoms with van der Waals surface area (Å²) < 4.78 is 4.93. The minimum atomic E-state index is -0.244. The molecule has 0 rings (SSSR count). The molecule has 0 aromatic heterocycles. The molecular weight excluding hydrogens is 232 g/mol. The van der Waals surface area contributed by atoms with E-state index in [0.717, 1.165) is 19.3 Å². The van der Waals surface area contributed by atoms with E-state index in [1.165, 1.54) is 6.08 Å². The fourth-order valence-electron chi connectivity index (χ4n) is 0.684. The van der Waals surface area contributed by atoms with Crippen LogP contribution in [-0.4, -0.2) is 17.4 Å². The van der Waals surface area contributed by atoms with Crippen LogP contribution in [0.3, 0.4) is 0 Å². The van der Waals surface area contributed by atoms with E-state index in [2.05, 4.69) is 22.9 Å². The lowest BCUT2D eigenvalue weighted by molar-refractivity contribution is -0.137. The molecule has 0 heterocycles. The van der Waals surface area contributed by atoms with E-state index in [1.54, 1.807) is 0 Å². The number of carbonyl (C=O) groups excluding carboxylic acids is 1. The zero-order chi connectivity index (χ0) is 10.1. The molecule has 0 radical (unpaired) electrons. The average molecular weight is 249 g/mol. The van der Waals surface area contributed by atoms with E-state index in [1.807, 2.05) is 13.0 Å². The number of hydrogen-bond acceptors (Lipinski definition) is 2. The fraction of sp³-hybridized carbons (Fsp3) is 0.700. The molecule has 0 N–H and O–H groups in total. The molecule has 0 saturated carbocycles. The summed E-state index contributed by atoms with van der Waals surface area (Å²) in [7, 11) is 0. The van der Waals surface area contributed by atoms with Crippen LogP contribution in [0, 0.1) is 0 Å². The summed E-state index contributed by atoms with van der Waals surface area (Å²) in [5.74, 6) is -0.244. The zero-order valence-electron chi connectivity index (χ0n) is 8.25. The number of alkyl halides is 1. The van der Waals surface area contributed by atoms with Crippen molar-refractivity contribution in [2.24, 2.45) is 0 Å². The second-order valence-electron chi connectivity index (χ2n) is 2.80. The second-order valence-corrected chi connectivity index (χ2v) is 3.98. The van der Waals surface area contributed by atoms with E-state index < -0.39 is 0 Å². The van der Waals surface area contributed by atoms with E-state index >= 15 is 0 Å². The molecule has 2 nitrogen and oxygen atoms in total. The van der Waals surface area contributed by atoms with Crippen molar-refractivity contribution in [3.63, 3.8) is 0 Å². The Morgan fingerprint density at radius 1 is 1.54 bits per heavy atom. The topological polar surface area (TPSA) is 26.3 Å². The van der Waals surface area contributed by atoms with E-state index in [0.29, 0.717) is 6.61 Å². The lowest BCUT2D eigenvalue weighted by Gasteiger charge is -2.00. The van der Waals surface area contributed by atoms with Gasteiger partial charge in [0.25, 0.3) is 0 Å². The molecule has 1 unspecified atom stereocenters. The van der Waals surface area contributed by atoms with Gasteiger partial charge in [-0.2, -0.15) is 0 Å². The van der Waals surface area contributed by atoms with E-state index in [9.17, 15) is 4.79 Å². The van der Waals surface area contributed by atoms with Crippen LogP contribution in [0.4, 0.5) is 0 Å². The Bertz CT molecular complexity index is 166. The molecule has 0 aromatic carbocycles. The number of halogens is 1. The van der Waals surface area contributed by atoms with Crippen molar-refractivity contribution in [3.05, 3.63) is 12.2 Å². The first-order chi connectivity index (χ1) is 6.20. The SMILES string of the molecule is CCCCOC(=O)/C=C/C(Br)CC. The van der Waals surface area contributed by atoms with Gasteiger partial charge >= 0.3 is 5.97 Å². The normalized spacial score (nSPS) is 13.2. The molecule has 0 aliphatic rings. The van der Waals surface area contributed by atoms with E-state index in [-0.39, 0.29) is 10.8 Å². The van der Waals surface area contributed by atoms with Gasteiger partial charge in [0.1, 0.15) is 0 Å². The van der Waals surface area contributed by atoms with Gasteiger partial charge in [-0.3, -0.25) is 0 Å². The average Bonchev–Trinajstić information content (AvgIpc) is 2.14. The largest absolute Gasteiger partial charge is 0.463 e. The Morgan fingerprint density at radius 2 is 2.23 bits per heavy atom. The predicted molar refractivity (Wildman–Crippen MR) is 58.0 cm³/mol. The van der Waals surface area contributed by atoms with Gasteiger partial charge in [0.2, 0.25) is 0 Å².